The summed E-state index contributed by atoms with van der Waals surface area (Å²) in [6, 6.07) is 173. The van der Waals surface area contributed by atoms with Gasteiger partial charge in [0.05, 0.1) is 11.2 Å². The Kier molecular flexibility index (Phi) is 26.6. The van der Waals surface area contributed by atoms with E-state index in [-0.39, 0.29) is 0 Å². The number of rotatable bonds is 17. The molecule has 145 heavy (non-hydrogen) atoms. The van der Waals surface area contributed by atoms with Crippen LogP contribution in [0.5, 0.6) is 0 Å². The molecule has 0 aliphatic carbocycles. The van der Waals surface area contributed by atoms with Gasteiger partial charge in [-0.15, -0.1) is 0 Å². The highest BCUT2D eigenvalue weighted by Crippen LogP contribution is 2.48. The van der Waals surface area contributed by atoms with E-state index in [4.69, 9.17) is 59.6 Å². The van der Waals surface area contributed by atoms with Crippen molar-refractivity contribution >= 4 is 84.0 Å². The second kappa shape index (κ2) is 41.5. The van der Waals surface area contributed by atoms with Crippen LogP contribution in [0.2, 0.25) is 5.02 Å². The first kappa shape index (κ1) is 92.8. The zero-order valence-electron chi connectivity index (χ0n) is 80.1. The van der Waals surface area contributed by atoms with Crippen LogP contribution in [0, 0.1) is 0 Å². The maximum absolute atomic E-state index is 6.60. The number of para-hydroxylation sites is 2. The molecule has 10 nitrogen and oxygen atoms in total. The lowest BCUT2D eigenvalue weighted by Gasteiger charge is -2.32. The van der Waals surface area contributed by atoms with Gasteiger partial charge in [-0.05, 0) is 257 Å². The summed E-state index contributed by atoms with van der Waals surface area (Å²) in [6.07, 6.45) is 0. The van der Waals surface area contributed by atoms with E-state index in [1.807, 2.05) is 140 Å². The summed E-state index contributed by atoms with van der Waals surface area (Å²) in [5, 5.41) is 4.98. The van der Waals surface area contributed by atoms with Gasteiger partial charge in [-0.3, -0.25) is 0 Å². The molecule has 20 aromatic carbocycles. The van der Waals surface area contributed by atoms with Crippen molar-refractivity contribution in [3.05, 3.63) is 513 Å². The first-order valence-electron chi connectivity index (χ1n) is 48.6. The topological polar surface area (TPSA) is 122 Å². The normalized spacial score (nSPS) is 12.4. The van der Waals surface area contributed by atoms with E-state index < -0.39 is 18.3 Å². The smallest absolute Gasteiger partial charge is 0.456 e. The summed E-state index contributed by atoms with van der Waals surface area (Å²) >= 11 is 9.94. The SMILES string of the molecule is Brc1c(-c2ccccc2)cc(-c2ccccc2)cc1-c1ccccc1.CC1(C)OB(c2c(-c3ccccc3)cc(-c3ccccc3)cc2-c2ccccc2)OC1(C)C.Clc1ccc(-c2nc(-c3ccccc3)nc(-c3ccc4c(c3)oc3ccccc34)n2)cc1.c1ccc(-c2cc(-c3ccccc3)c(-c3ccc(-c4nc(-c5ccccc5)nc(-c5ccc6c(c5)oc5ccccc56)n4)cc3)c(-c3ccccc3)c2)cc1. The number of halogens is 2. The molecule has 0 saturated carbocycles. The Labute approximate surface area is 857 Å². The molecule has 4 aromatic heterocycles. The maximum atomic E-state index is 6.60. The van der Waals surface area contributed by atoms with E-state index in [9.17, 15) is 0 Å². The van der Waals surface area contributed by atoms with Gasteiger partial charge in [-0.2, -0.15) is 0 Å². The Morgan fingerprint density at radius 3 is 0.738 bits per heavy atom. The summed E-state index contributed by atoms with van der Waals surface area (Å²) in [5.74, 6) is 3.60. The van der Waals surface area contributed by atoms with Gasteiger partial charge in [0, 0.05) is 64.4 Å². The van der Waals surface area contributed by atoms with Crippen molar-refractivity contribution in [2.75, 3.05) is 0 Å². The zero-order valence-corrected chi connectivity index (χ0v) is 82.4. The summed E-state index contributed by atoms with van der Waals surface area (Å²) in [5.41, 5.74) is 32.4. The maximum Gasteiger partial charge on any atom is 0.496 e. The average Bonchev–Trinajstić information content (AvgIpc) is 1.59. The van der Waals surface area contributed by atoms with Crippen molar-refractivity contribution in [3.8, 4) is 180 Å². The first-order valence-corrected chi connectivity index (χ1v) is 49.7. The number of nitrogens with zero attached hydrogens (tertiary/aromatic N) is 6. The Morgan fingerprint density at radius 2 is 0.421 bits per heavy atom. The first-order chi connectivity index (χ1) is 71.2. The molecule has 25 rings (SSSR count). The Hall–Kier alpha value is -17.2. The van der Waals surface area contributed by atoms with Crippen LogP contribution < -0.4 is 5.46 Å². The van der Waals surface area contributed by atoms with Crippen LogP contribution in [0.15, 0.2) is 517 Å². The Morgan fingerprint density at radius 1 is 0.200 bits per heavy atom. The van der Waals surface area contributed by atoms with Crippen molar-refractivity contribution in [2.45, 2.75) is 38.9 Å². The highest BCUT2D eigenvalue weighted by atomic mass is 79.9. The molecule has 13 heteroatoms. The van der Waals surface area contributed by atoms with Gasteiger partial charge in [0.25, 0.3) is 0 Å². The van der Waals surface area contributed by atoms with Crippen LogP contribution in [-0.2, 0) is 9.31 Å². The van der Waals surface area contributed by atoms with Crippen molar-refractivity contribution in [3.63, 3.8) is 0 Å². The molecule has 1 fully saturated rings. The lowest BCUT2D eigenvalue weighted by atomic mass is 9.69. The molecular formula is C132H95BBrClN6O4. The fourth-order valence-electron chi connectivity index (χ4n) is 18.7. The van der Waals surface area contributed by atoms with Crippen LogP contribution in [0.3, 0.4) is 0 Å². The van der Waals surface area contributed by atoms with Crippen LogP contribution in [0.1, 0.15) is 27.7 Å². The molecule has 5 heterocycles. The minimum atomic E-state index is -0.467. The molecule has 1 saturated heterocycles. The molecule has 1 aliphatic heterocycles. The fraction of sp³-hybridized carbons (Fsp3) is 0.0455. The number of hydrogen-bond acceptors (Lipinski definition) is 10. The van der Waals surface area contributed by atoms with Gasteiger partial charge in [0.1, 0.15) is 22.3 Å². The Balaban J connectivity index is 0.000000116. The predicted molar refractivity (Wildman–Crippen MR) is 602 cm³/mol. The van der Waals surface area contributed by atoms with E-state index in [2.05, 4.69) is 408 Å². The number of fused-ring (bicyclic) bond motifs is 6. The number of hydrogen-bond donors (Lipinski definition) is 0. The third-order valence-electron chi connectivity index (χ3n) is 26.9. The average molecular weight is 1960 g/mol. The number of benzene rings is 20. The van der Waals surface area contributed by atoms with Crippen molar-refractivity contribution < 1.29 is 18.1 Å². The largest absolute Gasteiger partial charge is 0.496 e. The monoisotopic (exact) mass is 1950 g/mol. The van der Waals surface area contributed by atoms with Crippen LogP contribution in [0.25, 0.3) is 223 Å². The zero-order chi connectivity index (χ0) is 98.2. The highest BCUT2D eigenvalue weighted by Gasteiger charge is 2.53. The molecule has 694 valence electrons. The molecule has 1 aliphatic rings. The summed E-state index contributed by atoms with van der Waals surface area (Å²) in [6.45, 7) is 8.43. The van der Waals surface area contributed by atoms with E-state index in [1.165, 1.54) is 72.3 Å². The molecule has 0 spiro atoms. The standard InChI is InChI=1S/C51H33N3O.C30H29BO2.C27H16ClN3O.C24H17Br/c1-5-15-34(16-6-1)41-31-44(35-17-7-2-8-18-35)48(45(32-41)36-19-9-3-10-20-36)37-25-27-39(28-26-37)50-52-49(38-21-11-4-12-22-38)53-51(54-50)40-29-30-43-42-23-13-14-24-46(42)55-47(43)33-40;1-29(2)30(3,4)33-31(32-29)28-26(23-16-10-6-11-17-23)20-25(22-14-8-5-9-15-22)21-27(28)24-18-12-7-13-19-24;28-20-13-10-18(11-14-20)26-29-25(17-6-2-1-3-7-17)30-27(31-26)19-12-15-22-21-8-4-5-9-23(21)32-24(22)16-19;25-24-22(19-12-6-2-7-13-19)16-21(18-10-4-1-5-11-18)17-23(24)20-14-8-3-9-15-20/h1-33H;5-21H,1-4H3;1-16H;1-17H. The predicted octanol–water partition coefficient (Wildman–Crippen LogP) is 35.3. The molecule has 0 bridgehead atoms. The second-order valence-corrected chi connectivity index (χ2v) is 38.0. The lowest BCUT2D eigenvalue weighted by Crippen LogP contribution is -2.41. The fourth-order valence-corrected chi connectivity index (χ4v) is 19.5. The Bertz CT molecular complexity index is 8510. The molecule has 0 radical (unpaired) electrons. The van der Waals surface area contributed by atoms with Gasteiger partial charge in [-0.1, -0.05) is 418 Å². The van der Waals surface area contributed by atoms with Gasteiger partial charge < -0.3 is 18.1 Å². The van der Waals surface area contributed by atoms with Crippen LogP contribution >= 0.6 is 27.5 Å². The van der Waals surface area contributed by atoms with Crippen LogP contribution in [-0.4, -0.2) is 48.2 Å². The lowest BCUT2D eigenvalue weighted by molar-refractivity contribution is 0.00578. The summed E-state index contributed by atoms with van der Waals surface area (Å²) < 4.78 is 26.6. The van der Waals surface area contributed by atoms with Crippen molar-refractivity contribution in [1.29, 1.82) is 0 Å². The van der Waals surface area contributed by atoms with Crippen molar-refractivity contribution in [2.24, 2.45) is 0 Å². The minimum Gasteiger partial charge on any atom is -0.456 e. The molecule has 24 aromatic rings. The molecular weight excluding hydrogens is 1860 g/mol. The number of furan rings is 2. The summed E-state index contributed by atoms with van der Waals surface area (Å²) in [4.78, 5) is 29.4. The quantitative estimate of drug-likeness (QED) is 0.0815. The van der Waals surface area contributed by atoms with Gasteiger partial charge in [0.2, 0.25) is 0 Å². The minimum absolute atomic E-state index is 0.419. The molecule has 0 atom stereocenters. The van der Waals surface area contributed by atoms with E-state index in [0.717, 1.165) is 126 Å². The third-order valence-corrected chi connectivity index (χ3v) is 28.0. The van der Waals surface area contributed by atoms with E-state index in [0.29, 0.717) is 40.0 Å². The third kappa shape index (κ3) is 20.0. The van der Waals surface area contributed by atoms with E-state index in [1.54, 1.807) is 0 Å². The molecule has 0 amide bonds. The second-order valence-electron chi connectivity index (χ2n) is 36.7. The highest BCUT2D eigenvalue weighted by molar-refractivity contribution is 9.10. The van der Waals surface area contributed by atoms with Crippen molar-refractivity contribution in [1.82, 2.24) is 29.9 Å². The van der Waals surface area contributed by atoms with Gasteiger partial charge in [0.15, 0.2) is 34.9 Å². The number of aromatic nitrogens is 6. The van der Waals surface area contributed by atoms with Gasteiger partial charge in [-0.25, -0.2) is 29.9 Å². The van der Waals surface area contributed by atoms with E-state index >= 15 is 0 Å². The molecule has 0 N–H and O–H groups in total. The molecule has 0 unspecified atom stereocenters. The van der Waals surface area contributed by atoms with Crippen LogP contribution in [0.4, 0.5) is 0 Å². The summed E-state index contributed by atoms with van der Waals surface area (Å²) in [7, 11) is -0.467. The van der Waals surface area contributed by atoms with Gasteiger partial charge >= 0.3 is 7.12 Å².